The molecule has 4 aromatic rings. The molecule has 1 saturated carbocycles. The Hall–Kier alpha value is -2.02. The molecule has 31 heavy (non-hydrogen) atoms. The van der Waals surface area contributed by atoms with Gasteiger partial charge in [0.25, 0.3) is 0 Å². The average molecular weight is 473 g/mol. The van der Waals surface area contributed by atoms with Crippen LogP contribution in [0.25, 0.3) is 33.4 Å². The average Bonchev–Trinajstić information content (AvgIpc) is 3.09. The van der Waals surface area contributed by atoms with Crippen LogP contribution in [0.3, 0.4) is 0 Å². The molecule has 0 nitrogen and oxygen atoms in total. The van der Waals surface area contributed by atoms with Crippen LogP contribution in [0.4, 0.5) is 0 Å². The summed E-state index contributed by atoms with van der Waals surface area (Å²) in [5.74, 6) is 0. The molecular weight excluding hydrogens is 449 g/mol. The molecule has 0 atom stereocenters. The van der Waals surface area contributed by atoms with Crippen molar-refractivity contribution in [3.63, 3.8) is 0 Å². The molecule has 1 radical (unpaired) electrons. The number of benzene rings is 4. The molecule has 6 rings (SSSR count). The van der Waals surface area contributed by atoms with E-state index >= 15 is 0 Å². The summed E-state index contributed by atoms with van der Waals surface area (Å²) < 4.78 is 0. The van der Waals surface area contributed by atoms with Gasteiger partial charge in [-0.25, -0.2) is 11.1 Å². The molecule has 1 fully saturated rings. The molecule has 2 aliphatic rings. The van der Waals surface area contributed by atoms with Crippen molar-refractivity contribution in [3.05, 3.63) is 108 Å². The Morgan fingerprint density at radius 1 is 0.581 bits per heavy atom. The number of hydrogen-bond acceptors (Lipinski definition) is 0. The van der Waals surface area contributed by atoms with E-state index in [2.05, 4.69) is 78.9 Å². The van der Waals surface area contributed by atoms with E-state index in [4.69, 9.17) is 0 Å². The zero-order valence-corrected chi connectivity index (χ0v) is 20.5. The van der Waals surface area contributed by atoms with Crippen molar-refractivity contribution in [1.29, 1.82) is 0 Å². The van der Waals surface area contributed by atoms with Crippen LogP contribution < -0.4 is 0 Å². The summed E-state index contributed by atoms with van der Waals surface area (Å²) in [5.41, 5.74) is 10.9. The van der Waals surface area contributed by atoms with Crippen molar-refractivity contribution in [2.24, 2.45) is 0 Å². The van der Waals surface area contributed by atoms with Gasteiger partial charge in [0.15, 0.2) is 0 Å². The predicted molar refractivity (Wildman–Crippen MR) is 124 cm³/mol. The fraction of sp³-hybridized carbons (Fsp3) is 0.200. The largest absolute Gasteiger partial charge is 0.226 e. The Balaban J connectivity index is 0.00000204. The monoisotopic (exact) mass is 473 g/mol. The molecular formula is C30H24Y-2. The third-order valence-corrected chi connectivity index (χ3v) is 7.11. The van der Waals surface area contributed by atoms with Crippen molar-refractivity contribution >= 4 is 0 Å². The molecule has 1 spiro atoms. The number of hydrogen-bond donors (Lipinski definition) is 0. The molecule has 0 saturated heterocycles. The quantitative estimate of drug-likeness (QED) is 0.260. The molecule has 1 heteroatoms. The van der Waals surface area contributed by atoms with Crippen LogP contribution in [0, 0.1) is 12.1 Å². The maximum Gasteiger partial charge on any atom is 0.0215 e. The first-order chi connectivity index (χ1) is 14.9. The van der Waals surface area contributed by atoms with Gasteiger partial charge in [-0.1, -0.05) is 61.7 Å². The van der Waals surface area contributed by atoms with Gasteiger partial charge in [-0.2, -0.15) is 42.5 Å². The minimum atomic E-state index is 0. The van der Waals surface area contributed by atoms with Crippen LogP contribution in [0.2, 0.25) is 0 Å². The van der Waals surface area contributed by atoms with Gasteiger partial charge in [-0.3, -0.25) is 0 Å². The van der Waals surface area contributed by atoms with E-state index in [0.29, 0.717) is 0 Å². The maximum atomic E-state index is 3.39. The van der Waals surface area contributed by atoms with Gasteiger partial charge in [-0.05, 0) is 40.7 Å². The standard InChI is InChI=1S/C30H24.Y/c1-3-10-22(11-4-1)23-12-9-13-24(20-23)25-16-17-27-26-14-5-6-15-28(26)30(29(27)21-25)18-7-2-8-19-30;/h1,3-6,9-10,13-17,20-21H,2,7-8,18-19H2;/q-2;. The van der Waals surface area contributed by atoms with Gasteiger partial charge >= 0.3 is 0 Å². The fourth-order valence-corrected chi connectivity index (χ4v) is 5.69. The first-order valence-corrected chi connectivity index (χ1v) is 11.1. The second-order valence-electron chi connectivity index (χ2n) is 8.72. The van der Waals surface area contributed by atoms with E-state index in [1.54, 1.807) is 11.1 Å². The van der Waals surface area contributed by atoms with Crippen molar-refractivity contribution in [2.45, 2.75) is 37.5 Å². The molecule has 0 aromatic heterocycles. The van der Waals surface area contributed by atoms with E-state index < -0.39 is 0 Å². The minimum absolute atomic E-state index is 0. The van der Waals surface area contributed by atoms with E-state index in [0.717, 1.165) is 11.1 Å². The second kappa shape index (κ2) is 8.49. The summed E-state index contributed by atoms with van der Waals surface area (Å²) >= 11 is 0. The minimum Gasteiger partial charge on any atom is -0.226 e. The van der Waals surface area contributed by atoms with Crippen LogP contribution in [-0.4, -0.2) is 0 Å². The summed E-state index contributed by atoms with van der Waals surface area (Å²) in [6.07, 6.45) is 6.56. The Labute approximate surface area is 210 Å². The Bertz CT molecular complexity index is 1220. The first-order valence-electron chi connectivity index (χ1n) is 11.1. The Kier molecular flexibility index (Phi) is 5.72. The first kappa shape index (κ1) is 20.9. The van der Waals surface area contributed by atoms with Crippen LogP contribution in [-0.2, 0) is 38.1 Å². The molecule has 4 aromatic carbocycles. The molecule has 2 aliphatic carbocycles. The SMILES string of the molecule is [Y].[c-]1ccccc1-c1[c-]ccc(-c2ccc3c(c2)C2(CCCCC2)c2ccccc2-3)c1. The van der Waals surface area contributed by atoms with E-state index in [1.807, 2.05) is 18.2 Å². The smallest absolute Gasteiger partial charge is 0.0215 e. The molecule has 0 bridgehead atoms. The fourth-order valence-electron chi connectivity index (χ4n) is 5.69. The zero-order valence-electron chi connectivity index (χ0n) is 17.7. The maximum absolute atomic E-state index is 3.39. The van der Waals surface area contributed by atoms with Crippen molar-refractivity contribution in [1.82, 2.24) is 0 Å². The summed E-state index contributed by atoms with van der Waals surface area (Å²) in [7, 11) is 0. The number of fused-ring (bicyclic) bond motifs is 5. The summed E-state index contributed by atoms with van der Waals surface area (Å²) in [5, 5.41) is 0. The third-order valence-electron chi connectivity index (χ3n) is 7.11. The normalized spacial score (nSPS) is 15.7. The van der Waals surface area contributed by atoms with Crippen LogP contribution in [0.5, 0.6) is 0 Å². The van der Waals surface area contributed by atoms with Crippen molar-refractivity contribution in [3.8, 4) is 33.4 Å². The molecule has 0 aliphatic heterocycles. The molecule has 0 N–H and O–H groups in total. The van der Waals surface area contributed by atoms with Gasteiger partial charge in [-0.15, -0.1) is 17.7 Å². The third kappa shape index (κ3) is 3.45. The van der Waals surface area contributed by atoms with E-state index in [1.165, 1.54) is 54.4 Å². The Morgan fingerprint density at radius 2 is 1.32 bits per heavy atom. The van der Waals surface area contributed by atoms with Crippen LogP contribution in [0.1, 0.15) is 43.2 Å². The van der Waals surface area contributed by atoms with Crippen LogP contribution >= 0.6 is 0 Å². The number of rotatable bonds is 2. The zero-order chi connectivity index (χ0) is 20.0. The van der Waals surface area contributed by atoms with Crippen LogP contribution in [0.15, 0.2) is 84.9 Å². The summed E-state index contributed by atoms with van der Waals surface area (Å²) in [6.45, 7) is 0. The van der Waals surface area contributed by atoms with Gasteiger partial charge in [0, 0.05) is 38.1 Å². The molecule has 0 amide bonds. The summed E-state index contributed by atoms with van der Waals surface area (Å²) in [4.78, 5) is 0. The molecule has 0 unspecified atom stereocenters. The van der Waals surface area contributed by atoms with Crippen molar-refractivity contribution in [2.75, 3.05) is 0 Å². The van der Waals surface area contributed by atoms with Gasteiger partial charge in [0.05, 0.1) is 0 Å². The molecule has 0 heterocycles. The predicted octanol–water partition coefficient (Wildman–Crippen LogP) is 7.85. The molecule has 149 valence electrons. The van der Waals surface area contributed by atoms with Gasteiger partial charge in [0.2, 0.25) is 0 Å². The van der Waals surface area contributed by atoms with E-state index in [-0.39, 0.29) is 38.1 Å². The van der Waals surface area contributed by atoms with Gasteiger partial charge in [0.1, 0.15) is 0 Å². The van der Waals surface area contributed by atoms with Gasteiger partial charge < -0.3 is 0 Å². The Morgan fingerprint density at radius 3 is 2.16 bits per heavy atom. The topological polar surface area (TPSA) is 0 Å². The van der Waals surface area contributed by atoms with E-state index in [9.17, 15) is 0 Å². The summed E-state index contributed by atoms with van der Waals surface area (Å²) in [6, 6.07) is 37.6. The van der Waals surface area contributed by atoms with Crippen molar-refractivity contribution < 1.29 is 32.7 Å². The second-order valence-corrected chi connectivity index (χ2v) is 8.72.